The van der Waals surface area contributed by atoms with Gasteiger partial charge in [0.25, 0.3) is 0 Å². The number of carbonyl (C=O) groups is 2. The van der Waals surface area contributed by atoms with Crippen molar-refractivity contribution < 1.29 is 14.7 Å². The predicted molar refractivity (Wildman–Crippen MR) is 94.2 cm³/mol. The average Bonchev–Trinajstić information content (AvgIpc) is 3.03. The second-order valence-electron chi connectivity index (χ2n) is 5.50. The summed E-state index contributed by atoms with van der Waals surface area (Å²) in [5.41, 5.74) is 1.47. The number of hydrogen-bond donors (Lipinski definition) is 2. The van der Waals surface area contributed by atoms with Gasteiger partial charge in [-0.2, -0.15) is 0 Å². The Balaban J connectivity index is 1.75. The second-order valence-corrected chi connectivity index (χ2v) is 6.77. The van der Waals surface area contributed by atoms with Gasteiger partial charge in [0.05, 0.1) is 17.5 Å². The number of rotatable bonds is 4. The Morgan fingerprint density at radius 1 is 1.21 bits per heavy atom. The van der Waals surface area contributed by atoms with Crippen LogP contribution >= 0.6 is 22.9 Å². The summed E-state index contributed by atoms with van der Waals surface area (Å²) in [6, 6.07) is 7.34. The van der Waals surface area contributed by atoms with E-state index in [0.29, 0.717) is 28.7 Å². The Kier molecular flexibility index (Phi) is 4.97. The molecule has 0 saturated heterocycles. The fourth-order valence-corrected chi connectivity index (χ4v) is 3.64. The van der Waals surface area contributed by atoms with Crippen LogP contribution in [0.5, 0.6) is 0 Å². The lowest BCUT2D eigenvalue weighted by molar-refractivity contribution is -0.146. The molecular weight excluding hydrogens is 348 g/mol. The summed E-state index contributed by atoms with van der Waals surface area (Å²) < 4.78 is 0. The molecule has 2 atom stereocenters. The summed E-state index contributed by atoms with van der Waals surface area (Å²) in [4.78, 5) is 28.1. The summed E-state index contributed by atoms with van der Waals surface area (Å²) in [7, 11) is 0. The lowest BCUT2D eigenvalue weighted by atomic mass is 9.82. The van der Waals surface area contributed by atoms with E-state index in [4.69, 9.17) is 11.6 Å². The smallest absolute Gasteiger partial charge is 0.307 e. The van der Waals surface area contributed by atoms with Gasteiger partial charge in [-0.15, -0.1) is 11.3 Å². The second kappa shape index (κ2) is 7.15. The first-order valence-electron chi connectivity index (χ1n) is 7.45. The molecule has 0 spiro atoms. The molecule has 1 aromatic carbocycles. The molecule has 0 saturated carbocycles. The maximum Gasteiger partial charge on any atom is 0.307 e. The highest BCUT2D eigenvalue weighted by molar-refractivity contribution is 7.14. The van der Waals surface area contributed by atoms with Gasteiger partial charge >= 0.3 is 5.97 Å². The van der Waals surface area contributed by atoms with Crippen molar-refractivity contribution in [2.45, 2.75) is 12.8 Å². The Morgan fingerprint density at radius 3 is 2.62 bits per heavy atom. The van der Waals surface area contributed by atoms with Crippen molar-refractivity contribution in [1.82, 2.24) is 4.98 Å². The first kappa shape index (κ1) is 16.7. The number of thiazole rings is 1. The van der Waals surface area contributed by atoms with Gasteiger partial charge in [0.1, 0.15) is 0 Å². The maximum absolute atomic E-state index is 12.4. The van der Waals surface area contributed by atoms with Crippen LogP contribution in [0.15, 0.2) is 41.8 Å². The summed E-state index contributed by atoms with van der Waals surface area (Å²) in [5.74, 6) is -2.54. The number of allylic oxidation sites excluding steroid dienone is 2. The number of aromatic nitrogens is 1. The highest BCUT2D eigenvalue weighted by Crippen LogP contribution is 2.32. The molecule has 1 heterocycles. The van der Waals surface area contributed by atoms with Gasteiger partial charge in [0, 0.05) is 16.0 Å². The number of hydrogen-bond acceptors (Lipinski definition) is 4. The predicted octanol–water partition coefficient (Wildman–Crippen LogP) is 4.07. The monoisotopic (exact) mass is 362 g/mol. The Morgan fingerprint density at radius 2 is 1.92 bits per heavy atom. The number of anilines is 1. The molecule has 1 aliphatic rings. The SMILES string of the molecule is O=C(Nc1nc(-c2ccccc2Cl)cs1)[C@H]1CC=CC[C@H]1C(=O)O. The van der Waals surface area contributed by atoms with E-state index in [1.54, 1.807) is 6.07 Å². The largest absolute Gasteiger partial charge is 0.481 e. The number of carboxylic acid groups (broad SMARTS) is 1. The van der Waals surface area contributed by atoms with Crippen molar-refractivity contribution in [2.75, 3.05) is 5.32 Å². The number of carbonyl (C=O) groups excluding carboxylic acids is 1. The standard InChI is InChI=1S/C17H15ClN2O3S/c18-13-8-4-3-7-12(13)14-9-24-17(19-14)20-15(21)10-5-1-2-6-11(10)16(22)23/h1-4,7-11H,5-6H2,(H,22,23)(H,19,20,21)/t10-,11+/m0/s1. The van der Waals surface area contributed by atoms with E-state index in [1.165, 1.54) is 11.3 Å². The van der Waals surface area contributed by atoms with Crippen LogP contribution in [-0.4, -0.2) is 22.0 Å². The minimum Gasteiger partial charge on any atom is -0.481 e. The van der Waals surface area contributed by atoms with Crippen molar-refractivity contribution in [3.05, 3.63) is 46.8 Å². The number of amides is 1. The van der Waals surface area contributed by atoms with Crippen molar-refractivity contribution >= 4 is 39.9 Å². The molecule has 2 aromatic rings. The van der Waals surface area contributed by atoms with E-state index in [0.717, 1.165) is 5.56 Å². The van der Waals surface area contributed by atoms with Crippen LogP contribution in [0.1, 0.15) is 12.8 Å². The third-order valence-electron chi connectivity index (χ3n) is 3.97. The molecule has 5 nitrogen and oxygen atoms in total. The lowest BCUT2D eigenvalue weighted by Gasteiger charge is -2.23. The zero-order valence-electron chi connectivity index (χ0n) is 12.6. The van der Waals surface area contributed by atoms with Crippen molar-refractivity contribution in [3.8, 4) is 11.3 Å². The number of nitrogens with zero attached hydrogens (tertiary/aromatic N) is 1. The van der Waals surface area contributed by atoms with Crippen LogP contribution in [0, 0.1) is 11.8 Å². The van der Waals surface area contributed by atoms with E-state index in [1.807, 2.05) is 35.7 Å². The summed E-state index contributed by atoms with van der Waals surface area (Å²) >= 11 is 7.44. The Bertz CT molecular complexity index is 803. The minimum absolute atomic E-state index is 0.313. The molecule has 1 aliphatic carbocycles. The van der Waals surface area contributed by atoms with Crippen molar-refractivity contribution in [3.63, 3.8) is 0 Å². The third kappa shape index (κ3) is 3.49. The first-order valence-corrected chi connectivity index (χ1v) is 8.71. The first-order chi connectivity index (χ1) is 11.6. The number of aliphatic carboxylic acids is 1. The molecule has 0 unspecified atom stereocenters. The van der Waals surface area contributed by atoms with E-state index in [9.17, 15) is 14.7 Å². The summed E-state index contributed by atoms with van der Waals surface area (Å²) in [6.07, 6.45) is 4.45. The lowest BCUT2D eigenvalue weighted by Crippen LogP contribution is -2.34. The quantitative estimate of drug-likeness (QED) is 0.803. The molecule has 7 heteroatoms. The molecule has 0 radical (unpaired) electrons. The zero-order valence-corrected chi connectivity index (χ0v) is 14.2. The number of halogens is 1. The molecule has 1 aromatic heterocycles. The number of benzene rings is 1. The van der Waals surface area contributed by atoms with Gasteiger partial charge in [-0.05, 0) is 18.9 Å². The highest BCUT2D eigenvalue weighted by Gasteiger charge is 2.34. The van der Waals surface area contributed by atoms with E-state index in [-0.39, 0.29) is 5.91 Å². The summed E-state index contributed by atoms with van der Waals surface area (Å²) in [5, 5.41) is 14.8. The highest BCUT2D eigenvalue weighted by atomic mass is 35.5. The van der Waals surface area contributed by atoms with Crippen LogP contribution in [0.25, 0.3) is 11.3 Å². The molecule has 3 rings (SSSR count). The zero-order chi connectivity index (χ0) is 17.1. The van der Waals surface area contributed by atoms with E-state index in [2.05, 4.69) is 10.3 Å². The van der Waals surface area contributed by atoms with Crippen LogP contribution in [0.3, 0.4) is 0 Å². The van der Waals surface area contributed by atoms with Gasteiger partial charge in [-0.25, -0.2) is 4.98 Å². The average molecular weight is 363 g/mol. The molecule has 0 fully saturated rings. The van der Waals surface area contributed by atoms with Crippen LogP contribution in [0.4, 0.5) is 5.13 Å². The van der Waals surface area contributed by atoms with Crippen molar-refractivity contribution in [1.29, 1.82) is 0 Å². The molecule has 124 valence electrons. The van der Waals surface area contributed by atoms with Crippen molar-refractivity contribution in [2.24, 2.45) is 11.8 Å². The molecular formula is C17H15ClN2O3S. The van der Waals surface area contributed by atoms with E-state index >= 15 is 0 Å². The Hall–Kier alpha value is -2.18. The van der Waals surface area contributed by atoms with Gasteiger partial charge in [-0.3, -0.25) is 9.59 Å². The molecule has 0 bridgehead atoms. The fourth-order valence-electron chi connectivity index (χ4n) is 2.70. The van der Waals surface area contributed by atoms with Gasteiger partial charge in [0.15, 0.2) is 5.13 Å². The molecule has 2 N–H and O–H groups in total. The minimum atomic E-state index is -0.949. The number of carboxylic acids is 1. The van der Waals surface area contributed by atoms with E-state index < -0.39 is 17.8 Å². The third-order valence-corrected chi connectivity index (χ3v) is 5.06. The van der Waals surface area contributed by atoms with Gasteiger partial charge in [0.2, 0.25) is 5.91 Å². The molecule has 0 aliphatic heterocycles. The maximum atomic E-state index is 12.4. The Labute approximate surface area is 148 Å². The summed E-state index contributed by atoms with van der Waals surface area (Å²) in [6.45, 7) is 0. The van der Waals surface area contributed by atoms with Gasteiger partial charge < -0.3 is 10.4 Å². The molecule has 24 heavy (non-hydrogen) atoms. The fraction of sp³-hybridized carbons (Fsp3) is 0.235. The molecule has 1 amide bonds. The van der Waals surface area contributed by atoms with Crippen LogP contribution < -0.4 is 5.32 Å². The normalized spacial score (nSPS) is 19.9. The van der Waals surface area contributed by atoms with Gasteiger partial charge in [-0.1, -0.05) is 42.0 Å². The van der Waals surface area contributed by atoms with Crippen LogP contribution in [0.2, 0.25) is 5.02 Å². The number of nitrogens with one attached hydrogen (secondary N) is 1. The van der Waals surface area contributed by atoms with Crippen LogP contribution in [-0.2, 0) is 9.59 Å². The topological polar surface area (TPSA) is 79.3 Å².